The summed E-state index contributed by atoms with van der Waals surface area (Å²) >= 11 is 0. The topological polar surface area (TPSA) is 67.2 Å². The lowest BCUT2D eigenvalue weighted by atomic mass is 10.1. The van der Waals surface area contributed by atoms with Crippen LogP contribution in [0.3, 0.4) is 0 Å². The highest BCUT2D eigenvalue weighted by Gasteiger charge is 2.24. The van der Waals surface area contributed by atoms with Crippen molar-refractivity contribution in [3.63, 3.8) is 0 Å². The Morgan fingerprint density at radius 3 is 2.40 bits per heavy atom. The van der Waals surface area contributed by atoms with Crippen LogP contribution in [-0.4, -0.2) is 18.0 Å². The standard InChI is InChI=1S/C6H15N3O/c1-4-8-6(2,3)5(10)9-7/h8H,4,7H2,1-3H3,(H,9,10). The lowest BCUT2D eigenvalue weighted by molar-refractivity contribution is -0.126. The lowest BCUT2D eigenvalue weighted by Gasteiger charge is -2.22. The van der Waals surface area contributed by atoms with E-state index in [-0.39, 0.29) is 5.91 Å². The summed E-state index contributed by atoms with van der Waals surface area (Å²) in [6.45, 7) is 6.24. The first-order chi connectivity index (χ1) is 4.54. The maximum absolute atomic E-state index is 10.9. The third-order valence-electron chi connectivity index (χ3n) is 1.32. The van der Waals surface area contributed by atoms with Crippen molar-refractivity contribution >= 4 is 5.91 Å². The molecule has 0 bridgehead atoms. The van der Waals surface area contributed by atoms with E-state index in [9.17, 15) is 4.79 Å². The highest BCUT2D eigenvalue weighted by atomic mass is 16.2. The van der Waals surface area contributed by atoms with Crippen LogP contribution < -0.4 is 16.6 Å². The summed E-state index contributed by atoms with van der Waals surface area (Å²) < 4.78 is 0. The van der Waals surface area contributed by atoms with Crippen molar-refractivity contribution < 1.29 is 4.79 Å². The summed E-state index contributed by atoms with van der Waals surface area (Å²) in [7, 11) is 0. The van der Waals surface area contributed by atoms with Crippen LogP contribution >= 0.6 is 0 Å². The zero-order valence-corrected chi connectivity index (χ0v) is 6.69. The molecule has 0 rings (SSSR count). The Morgan fingerprint density at radius 1 is 1.60 bits per heavy atom. The smallest absolute Gasteiger partial charge is 0.253 e. The molecule has 0 spiro atoms. The van der Waals surface area contributed by atoms with Crippen LogP contribution in [0.5, 0.6) is 0 Å². The summed E-state index contributed by atoms with van der Waals surface area (Å²) in [5.74, 6) is 4.75. The molecule has 0 aromatic heterocycles. The highest BCUT2D eigenvalue weighted by Crippen LogP contribution is 1.99. The van der Waals surface area contributed by atoms with E-state index in [1.54, 1.807) is 13.8 Å². The van der Waals surface area contributed by atoms with Gasteiger partial charge in [-0.15, -0.1) is 0 Å². The van der Waals surface area contributed by atoms with E-state index >= 15 is 0 Å². The molecule has 0 atom stereocenters. The van der Waals surface area contributed by atoms with E-state index < -0.39 is 5.54 Å². The predicted octanol–water partition coefficient (Wildman–Crippen LogP) is -0.636. The zero-order chi connectivity index (χ0) is 8.20. The van der Waals surface area contributed by atoms with E-state index in [0.29, 0.717) is 0 Å². The van der Waals surface area contributed by atoms with Gasteiger partial charge in [-0.3, -0.25) is 10.2 Å². The summed E-state index contributed by atoms with van der Waals surface area (Å²) in [6.07, 6.45) is 0. The van der Waals surface area contributed by atoms with Crippen LogP contribution in [0.4, 0.5) is 0 Å². The Balaban J connectivity index is 3.96. The Hall–Kier alpha value is -0.610. The van der Waals surface area contributed by atoms with Gasteiger partial charge < -0.3 is 5.32 Å². The molecular formula is C6H15N3O. The average molecular weight is 145 g/mol. The van der Waals surface area contributed by atoms with E-state index in [4.69, 9.17) is 5.84 Å². The van der Waals surface area contributed by atoms with Gasteiger partial charge in [-0.1, -0.05) is 6.92 Å². The van der Waals surface area contributed by atoms with Gasteiger partial charge in [0.25, 0.3) is 5.91 Å². The largest absolute Gasteiger partial charge is 0.304 e. The third kappa shape index (κ3) is 2.33. The molecule has 0 saturated heterocycles. The van der Waals surface area contributed by atoms with Gasteiger partial charge in [-0.05, 0) is 20.4 Å². The van der Waals surface area contributed by atoms with Crippen molar-refractivity contribution in [2.45, 2.75) is 26.3 Å². The molecule has 0 aromatic carbocycles. The van der Waals surface area contributed by atoms with Crippen LogP contribution in [-0.2, 0) is 4.79 Å². The fourth-order valence-corrected chi connectivity index (χ4v) is 0.703. The van der Waals surface area contributed by atoms with Gasteiger partial charge in [-0.2, -0.15) is 0 Å². The fourth-order valence-electron chi connectivity index (χ4n) is 0.703. The number of rotatable bonds is 3. The maximum Gasteiger partial charge on any atom is 0.253 e. The number of hydrazine groups is 1. The molecule has 1 amide bonds. The van der Waals surface area contributed by atoms with Gasteiger partial charge in [0.2, 0.25) is 0 Å². The first-order valence-corrected chi connectivity index (χ1v) is 3.30. The minimum absolute atomic E-state index is 0.200. The van der Waals surface area contributed by atoms with Crippen molar-refractivity contribution in [1.29, 1.82) is 0 Å². The molecular weight excluding hydrogens is 130 g/mol. The molecule has 0 radical (unpaired) electrons. The number of hydrogen-bond donors (Lipinski definition) is 3. The second-order valence-corrected chi connectivity index (χ2v) is 2.63. The van der Waals surface area contributed by atoms with Crippen LogP contribution in [0, 0.1) is 0 Å². The Labute approximate surface area is 61.1 Å². The molecule has 0 aromatic rings. The Bertz CT molecular complexity index is 122. The van der Waals surface area contributed by atoms with E-state index in [1.165, 1.54) is 0 Å². The number of carbonyl (C=O) groups excluding carboxylic acids is 1. The molecule has 10 heavy (non-hydrogen) atoms. The van der Waals surface area contributed by atoms with Gasteiger partial charge in [-0.25, -0.2) is 5.84 Å². The SMILES string of the molecule is CCNC(C)(C)C(=O)NN. The van der Waals surface area contributed by atoms with Crippen LogP contribution in [0.25, 0.3) is 0 Å². The molecule has 0 aliphatic carbocycles. The second kappa shape index (κ2) is 3.53. The van der Waals surface area contributed by atoms with Crippen molar-refractivity contribution in [1.82, 2.24) is 10.7 Å². The number of amides is 1. The second-order valence-electron chi connectivity index (χ2n) is 2.63. The molecule has 0 unspecified atom stereocenters. The zero-order valence-electron chi connectivity index (χ0n) is 6.69. The van der Waals surface area contributed by atoms with E-state index in [1.807, 2.05) is 6.92 Å². The van der Waals surface area contributed by atoms with Crippen LogP contribution in [0.2, 0.25) is 0 Å². The van der Waals surface area contributed by atoms with Gasteiger partial charge >= 0.3 is 0 Å². The molecule has 4 nitrogen and oxygen atoms in total. The molecule has 4 N–H and O–H groups in total. The first-order valence-electron chi connectivity index (χ1n) is 3.30. The molecule has 0 saturated carbocycles. The number of likely N-dealkylation sites (N-methyl/N-ethyl adjacent to an activating group) is 1. The maximum atomic E-state index is 10.9. The highest BCUT2D eigenvalue weighted by molar-refractivity contribution is 5.84. The number of hydrogen-bond acceptors (Lipinski definition) is 3. The van der Waals surface area contributed by atoms with Gasteiger partial charge in [0, 0.05) is 0 Å². The van der Waals surface area contributed by atoms with Crippen molar-refractivity contribution in [3.05, 3.63) is 0 Å². The van der Waals surface area contributed by atoms with Crippen molar-refractivity contribution in [3.8, 4) is 0 Å². The predicted molar refractivity (Wildman–Crippen MR) is 40.1 cm³/mol. The van der Waals surface area contributed by atoms with E-state index in [2.05, 4.69) is 10.7 Å². The van der Waals surface area contributed by atoms with Crippen LogP contribution in [0.1, 0.15) is 20.8 Å². The summed E-state index contributed by atoms with van der Waals surface area (Å²) in [5.41, 5.74) is 1.52. The number of carbonyl (C=O) groups is 1. The third-order valence-corrected chi connectivity index (χ3v) is 1.32. The van der Waals surface area contributed by atoms with Gasteiger partial charge in [0.15, 0.2) is 0 Å². The molecule has 0 aliphatic heterocycles. The number of nitrogens with two attached hydrogens (primary N) is 1. The summed E-state index contributed by atoms with van der Waals surface area (Å²) in [4.78, 5) is 10.9. The summed E-state index contributed by atoms with van der Waals surface area (Å²) in [6, 6.07) is 0. The normalized spacial score (nSPS) is 11.2. The Kier molecular flexibility index (Phi) is 3.32. The summed E-state index contributed by atoms with van der Waals surface area (Å²) in [5, 5.41) is 2.98. The van der Waals surface area contributed by atoms with Crippen molar-refractivity contribution in [2.75, 3.05) is 6.54 Å². The minimum Gasteiger partial charge on any atom is -0.304 e. The molecule has 0 fully saturated rings. The fraction of sp³-hybridized carbons (Fsp3) is 0.833. The number of nitrogens with one attached hydrogen (secondary N) is 2. The minimum atomic E-state index is -0.566. The average Bonchev–Trinajstić information content (AvgIpc) is 1.86. The van der Waals surface area contributed by atoms with Gasteiger partial charge in [0.05, 0.1) is 5.54 Å². The van der Waals surface area contributed by atoms with Gasteiger partial charge in [0.1, 0.15) is 0 Å². The first kappa shape index (κ1) is 9.39. The van der Waals surface area contributed by atoms with E-state index in [0.717, 1.165) is 6.54 Å². The molecule has 4 heteroatoms. The van der Waals surface area contributed by atoms with Crippen LogP contribution in [0.15, 0.2) is 0 Å². The molecule has 60 valence electrons. The lowest BCUT2D eigenvalue weighted by Crippen LogP contribution is -2.54. The Morgan fingerprint density at radius 2 is 2.10 bits per heavy atom. The monoisotopic (exact) mass is 145 g/mol. The van der Waals surface area contributed by atoms with Crippen molar-refractivity contribution in [2.24, 2.45) is 5.84 Å². The molecule has 0 aliphatic rings. The molecule has 0 heterocycles. The quantitative estimate of drug-likeness (QED) is 0.281.